The number of hydrogen-bond acceptors (Lipinski definition) is 4. The normalized spacial score (nSPS) is 10.9. The van der Waals surface area contributed by atoms with Crippen LogP contribution in [0.15, 0.2) is 36.4 Å². The Kier molecular flexibility index (Phi) is 4.22. The van der Waals surface area contributed by atoms with Crippen LogP contribution in [0.3, 0.4) is 0 Å². The highest BCUT2D eigenvalue weighted by Gasteiger charge is 2.33. The largest absolute Gasteiger partial charge is 0.573 e. The van der Waals surface area contributed by atoms with Gasteiger partial charge in [0, 0.05) is 16.7 Å². The summed E-state index contributed by atoms with van der Waals surface area (Å²) in [6.45, 7) is 1.45. The van der Waals surface area contributed by atoms with Crippen molar-refractivity contribution in [1.82, 2.24) is 0 Å². The van der Waals surface area contributed by atoms with E-state index in [1.165, 1.54) is 37.3 Å². The first-order valence-electron chi connectivity index (χ1n) is 6.28. The molecule has 5 nitrogen and oxygen atoms in total. The third-order valence-corrected chi connectivity index (χ3v) is 3.08. The highest BCUT2D eigenvalue weighted by atomic mass is 19.4. The second-order valence-corrected chi connectivity index (χ2v) is 4.57. The Morgan fingerprint density at radius 3 is 2.39 bits per heavy atom. The van der Waals surface area contributed by atoms with Crippen molar-refractivity contribution in [3.63, 3.8) is 0 Å². The number of hydrogen-bond donors (Lipinski definition) is 0. The lowest BCUT2D eigenvalue weighted by Gasteiger charge is -2.14. The zero-order valence-electron chi connectivity index (χ0n) is 11.7. The van der Waals surface area contributed by atoms with E-state index >= 15 is 0 Å². The van der Waals surface area contributed by atoms with Gasteiger partial charge in [-0.15, -0.1) is 13.2 Å². The van der Waals surface area contributed by atoms with Gasteiger partial charge in [0.25, 0.3) is 5.69 Å². The van der Waals surface area contributed by atoms with Gasteiger partial charge in [-0.05, 0) is 13.0 Å². The molecule has 0 radical (unpaired) electrons. The van der Waals surface area contributed by atoms with Crippen molar-refractivity contribution in [3.8, 4) is 22.9 Å². The number of rotatable bonds is 3. The maximum atomic E-state index is 12.5. The minimum atomic E-state index is -4.92. The van der Waals surface area contributed by atoms with Crippen LogP contribution in [0.2, 0.25) is 0 Å². The minimum absolute atomic E-state index is 0.00431. The van der Waals surface area contributed by atoms with Gasteiger partial charge >= 0.3 is 6.36 Å². The summed E-state index contributed by atoms with van der Waals surface area (Å²) >= 11 is 0. The van der Waals surface area contributed by atoms with E-state index in [2.05, 4.69) is 4.74 Å². The van der Waals surface area contributed by atoms with E-state index in [0.29, 0.717) is 0 Å². The Bertz CT molecular complexity index is 811. The van der Waals surface area contributed by atoms with Gasteiger partial charge in [0.15, 0.2) is 0 Å². The van der Waals surface area contributed by atoms with Crippen LogP contribution in [0, 0.1) is 28.4 Å². The molecule has 0 unspecified atom stereocenters. The van der Waals surface area contributed by atoms with Gasteiger partial charge < -0.3 is 4.74 Å². The van der Waals surface area contributed by atoms with Gasteiger partial charge in [-0.2, -0.15) is 5.26 Å². The SMILES string of the molecule is Cc1ccc(-c2ccccc2OC(F)(F)F)c(C#N)c1[N+](=O)[O-]. The lowest BCUT2D eigenvalue weighted by molar-refractivity contribution is -0.385. The molecule has 0 aliphatic heterocycles. The van der Waals surface area contributed by atoms with E-state index < -0.39 is 22.7 Å². The molecular formula is C15H9F3N2O3. The van der Waals surface area contributed by atoms with Crippen molar-refractivity contribution < 1.29 is 22.8 Å². The van der Waals surface area contributed by atoms with Gasteiger partial charge in [-0.1, -0.05) is 30.3 Å². The van der Waals surface area contributed by atoms with Crippen LogP contribution in [0.5, 0.6) is 5.75 Å². The molecule has 2 rings (SSSR count). The quantitative estimate of drug-likeness (QED) is 0.622. The van der Waals surface area contributed by atoms with Gasteiger partial charge in [0.05, 0.1) is 4.92 Å². The van der Waals surface area contributed by atoms with E-state index in [1.54, 1.807) is 6.07 Å². The smallest absolute Gasteiger partial charge is 0.405 e. The number of halogens is 3. The van der Waals surface area contributed by atoms with E-state index in [9.17, 15) is 28.5 Å². The molecule has 0 heterocycles. The maximum Gasteiger partial charge on any atom is 0.573 e. The summed E-state index contributed by atoms with van der Waals surface area (Å²) in [5.74, 6) is -0.533. The molecule has 0 N–H and O–H groups in total. The second kappa shape index (κ2) is 5.96. The van der Waals surface area contributed by atoms with Crippen molar-refractivity contribution in [1.29, 1.82) is 5.26 Å². The van der Waals surface area contributed by atoms with Crippen molar-refractivity contribution in [2.45, 2.75) is 13.3 Å². The molecule has 2 aromatic rings. The molecule has 0 spiro atoms. The van der Waals surface area contributed by atoms with Gasteiger partial charge in [-0.3, -0.25) is 10.1 Å². The topological polar surface area (TPSA) is 76.2 Å². The average molecular weight is 322 g/mol. The number of nitro groups is 1. The molecule has 0 atom stereocenters. The van der Waals surface area contributed by atoms with Gasteiger partial charge in [0.1, 0.15) is 17.4 Å². The zero-order valence-corrected chi connectivity index (χ0v) is 11.7. The highest BCUT2D eigenvalue weighted by Crippen LogP contribution is 2.38. The standard InChI is InChI=1S/C15H9F3N2O3/c1-9-6-7-10(12(8-19)14(9)20(21)22)11-4-2-3-5-13(11)23-15(16,17)18/h2-7H,1H3. The predicted octanol–water partition coefficient (Wildman–Crippen LogP) is 4.34. The molecule has 0 bridgehead atoms. The van der Waals surface area contributed by atoms with Crippen LogP contribution in [-0.4, -0.2) is 11.3 Å². The molecule has 2 aromatic carbocycles. The number of aryl methyl sites for hydroxylation is 1. The van der Waals surface area contributed by atoms with E-state index in [1.807, 2.05) is 0 Å². The third-order valence-electron chi connectivity index (χ3n) is 3.08. The number of nitrogens with zero attached hydrogens (tertiary/aromatic N) is 2. The summed E-state index contributed by atoms with van der Waals surface area (Å²) in [7, 11) is 0. The van der Waals surface area contributed by atoms with Gasteiger partial charge in [0.2, 0.25) is 0 Å². The molecule has 118 valence electrons. The van der Waals surface area contributed by atoms with Crippen molar-refractivity contribution in [2.75, 3.05) is 0 Å². The minimum Gasteiger partial charge on any atom is -0.405 e. The predicted molar refractivity (Wildman–Crippen MR) is 74.7 cm³/mol. The van der Waals surface area contributed by atoms with E-state index in [4.69, 9.17) is 0 Å². The Labute approximate surface area is 128 Å². The van der Waals surface area contributed by atoms with Crippen LogP contribution in [-0.2, 0) is 0 Å². The molecule has 0 amide bonds. The molecular weight excluding hydrogens is 313 g/mol. The first-order valence-corrected chi connectivity index (χ1v) is 6.28. The monoisotopic (exact) mass is 322 g/mol. The average Bonchev–Trinajstić information content (AvgIpc) is 2.45. The lowest BCUT2D eigenvalue weighted by atomic mass is 9.96. The van der Waals surface area contributed by atoms with E-state index in [-0.39, 0.29) is 22.3 Å². The molecule has 0 fully saturated rings. The number of benzene rings is 2. The fourth-order valence-corrected chi connectivity index (χ4v) is 2.17. The van der Waals surface area contributed by atoms with Crippen LogP contribution >= 0.6 is 0 Å². The Hall–Kier alpha value is -3.08. The number of nitriles is 1. The molecule has 0 aliphatic rings. The zero-order chi connectivity index (χ0) is 17.2. The van der Waals surface area contributed by atoms with Crippen molar-refractivity contribution >= 4 is 5.69 Å². The van der Waals surface area contributed by atoms with Crippen LogP contribution < -0.4 is 4.74 Å². The summed E-state index contributed by atoms with van der Waals surface area (Å²) in [4.78, 5) is 10.4. The maximum absolute atomic E-state index is 12.5. The van der Waals surface area contributed by atoms with Crippen molar-refractivity contribution in [3.05, 3.63) is 57.6 Å². The Morgan fingerprint density at radius 1 is 1.17 bits per heavy atom. The number of ether oxygens (including phenoxy) is 1. The highest BCUT2D eigenvalue weighted by molar-refractivity contribution is 5.80. The molecule has 0 aromatic heterocycles. The number of alkyl halides is 3. The summed E-state index contributed by atoms with van der Waals surface area (Å²) in [5, 5.41) is 20.4. The molecule has 0 saturated heterocycles. The van der Waals surface area contributed by atoms with E-state index in [0.717, 1.165) is 6.07 Å². The summed E-state index contributed by atoms with van der Waals surface area (Å²) in [5.41, 5.74) is -0.557. The fraction of sp³-hybridized carbons (Fsp3) is 0.133. The fourth-order valence-electron chi connectivity index (χ4n) is 2.17. The molecule has 0 aliphatic carbocycles. The molecule has 8 heteroatoms. The van der Waals surface area contributed by atoms with Crippen LogP contribution in [0.1, 0.15) is 11.1 Å². The third kappa shape index (κ3) is 3.40. The second-order valence-electron chi connectivity index (χ2n) is 4.57. The summed E-state index contributed by atoms with van der Waals surface area (Å²) in [6.07, 6.45) is -4.92. The Balaban J connectivity index is 2.72. The number of nitro benzene ring substituents is 1. The molecule has 23 heavy (non-hydrogen) atoms. The summed E-state index contributed by atoms with van der Waals surface area (Å²) in [6, 6.07) is 9.59. The number of para-hydroxylation sites is 1. The van der Waals surface area contributed by atoms with Crippen LogP contribution in [0.4, 0.5) is 18.9 Å². The van der Waals surface area contributed by atoms with Crippen molar-refractivity contribution in [2.24, 2.45) is 0 Å². The van der Waals surface area contributed by atoms with Crippen LogP contribution in [0.25, 0.3) is 11.1 Å². The first-order chi connectivity index (χ1) is 10.7. The molecule has 0 saturated carbocycles. The summed E-state index contributed by atoms with van der Waals surface area (Å²) < 4.78 is 41.4. The lowest BCUT2D eigenvalue weighted by Crippen LogP contribution is -2.17. The van der Waals surface area contributed by atoms with Gasteiger partial charge in [-0.25, -0.2) is 0 Å². The first kappa shape index (κ1) is 16.3. The Morgan fingerprint density at radius 2 is 1.83 bits per heavy atom.